The van der Waals surface area contributed by atoms with Crippen LogP contribution in [0.1, 0.15) is 24.8 Å². The van der Waals surface area contributed by atoms with Crippen LogP contribution in [0, 0.1) is 5.92 Å². The van der Waals surface area contributed by atoms with Gasteiger partial charge in [-0.3, -0.25) is 4.99 Å². The lowest BCUT2D eigenvalue weighted by Gasteiger charge is -2.37. The molecule has 0 saturated carbocycles. The van der Waals surface area contributed by atoms with E-state index < -0.39 is 0 Å². The van der Waals surface area contributed by atoms with Crippen LogP contribution in [-0.4, -0.2) is 68.4 Å². The lowest BCUT2D eigenvalue weighted by molar-refractivity contribution is 0.0780. The number of nitrogens with one attached hydrogen (secondary N) is 1. The summed E-state index contributed by atoms with van der Waals surface area (Å²) in [6.45, 7) is 6.27. The van der Waals surface area contributed by atoms with Gasteiger partial charge in [0.1, 0.15) is 0 Å². The maximum atomic E-state index is 5.95. The van der Waals surface area contributed by atoms with E-state index in [2.05, 4.69) is 45.7 Å². The van der Waals surface area contributed by atoms with Crippen molar-refractivity contribution in [1.29, 1.82) is 0 Å². The van der Waals surface area contributed by atoms with Crippen molar-refractivity contribution in [1.82, 2.24) is 10.2 Å². The van der Waals surface area contributed by atoms with Crippen LogP contribution in [0.3, 0.4) is 0 Å². The molecule has 28 heavy (non-hydrogen) atoms. The highest BCUT2D eigenvalue weighted by Crippen LogP contribution is 2.33. The Labute approximate surface area is 191 Å². The second-order valence-corrected chi connectivity index (χ2v) is 8.78. The first-order valence-corrected chi connectivity index (χ1v) is 11.2. The second kappa shape index (κ2) is 12.2. The first-order valence-electron chi connectivity index (χ1n) is 9.95. The summed E-state index contributed by atoms with van der Waals surface area (Å²) in [5, 5.41) is 3.63. The summed E-state index contributed by atoms with van der Waals surface area (Å²) in [5.41, 5.74) is 1.24. The van der Waals surface area contributed by atoms with Crippen molar-refractivity contribution in [2.24, 2.45) is 10.9 Å². The molecule has 2 aliphatic rings. The molecule has 158 valence electrons. The fraction of sp³-hybridized carbons (Fsp3) is 0.667. The summed E-state index contributed by atoms with van der Waals surface area (Å²) >= 11 is 1.96. The van der Waals surface area contributed by atoms with Crippen molar-refractivity contribution >= 4 is 41.7 Å². The number of nitrogens with zero attached hydrogens (tertiary/aromatic N) is 2. The summed E-state index contributed by atoms with van der Waals surface area (Å²) in [7, 11) is 1.89. The number of hydrogen-bond donors (Lipinski definition) is 1. The maximum absolute atomic E-state index is 5.95. The Bertz CT molecular complexity index is 597. The van der Waals surface area contributed by atoms with Gasteiger partial charge < -0.3 is 19.7 Å². The van der Waals surface area contributed by atoms with E-state index in [1.807, 2.05) is 24.9 Å². The number of halogens is 1. The molecule has 1 atom stereocenters. The van der Waals surface area contributed by atoms with Gasteiger partial charge in [0.25, 0.3) is 0 Å². The number of benzene rings is 1. The summed E-state index contributed by atoms with van der Waals surface area (Å²) in [6.07, 6.45) is 5.59. The predicted molar refractivity (Wildman–Crippen MR) is 129 cm³/mol. The Balaban J connectivity index is 0.00000280. The molecule has 1 unspecified atom stereocenters. The van der Waals surface area contributed by atoms with Crippen LogP contribution in [0.25, 0.3) is 0 Å². The van der Waals surface area contributed by atoms with E-state index in [4.69, 9.17) is 9.47 Å². The van der Waals surface area contributed by atoms with Gasteiger partial charge in [-0.05, 0) is 31.1 Å². The molecule has 0 aromatic heterocycles. The fourth-order valence-electron chi connectivity index (χ4n) is 3.85. The van der Waals surface area contributed by atoms with Gasteiger partial charge in [-0.1, -0.05) is 30.3 Å². The SMILES string of the molecule is CN=C(NCC1(SC)CCOCC1)N1CCC(COCc2ccccc2)C1.I. The van der Waals surface area contributed by atoms with Crippen LogP contribution >= 0.6 is 35.7 Å². The molecule has 2 heterocycles. The molecule has 2 aliphatic heterocycles. The van der Waals surface area contributed by atoms with Crippen molar-refractivity contribution < 1.29 is 9.47 Å². The van der Waals surface area contributed by atoms with Gasteiger partial charge in [0.2, 0.25) is 0 Å². The Morgan fingerprint density at radius 3 is 2.75 bits per heavy atom. The van der Waals surface area contributed by atoms with E-state index in [1.165, 1.54) is 5.56 Å². The third-order valence-electron chi connectivity index (χ3n) is 5.67. The minimum Gasteiger partial charge on any atom is -0.381 e. The van der Waals surface area contributed by atoms with Crippen molar-refractivity contribution in [2.45, 2.75) is 30.6 Å². The molecule has 2 saturated heterocycles. The number of thioether (sulfide) groups is 1. The third-order valence-corrected chi connectivity index (χ3v) is 7.09. The summed E-state index contributed by atoms with van der Waals surface area (Å²) in [6, 6.07) is 10.4. The molecular weight excluding hydrogens is 485 g/mol. The molecule has 0 amide bonds. The molecule has 1 N–H and O–H groups in total. The molecule has 1 aromatic carbocycles. The molecule has 7 heteroatoms. The summed E-state index contributed by atoms with van der Waals surface area (Å²) in [5.74, 6) is 1.60. The van der Waals surface area contributed by atoms with E-state index in [0.717, 1.165) is 64.7 Å². The number of likely N-dealkylation sites (tertiary alicyclic amines) is 1. The molecule has 2 fully saturated rings. The van der Waals surface area contributed by atoms with E-state index in [0.29, 0.717) is 12.5 Å². The van der Waals surface area contributed by atoms with Crippen LogP contribution in [-0.2, 0) is 16.1 Å². The Morgan fingerprint density at radius 1 is 1.32 bits per heavy atom. The molecule has 1 aromatic rings. The summed E-state index contributed by atoms with van der Waals surface area (Å²) < 4.78 is 11.8. The van der Waals surface area contributed by atoms with Crippen molar-refractivity contribution in [3.05, 3.63) is 35.9 Å². The maximum Gasteiger partial charge on any atom is 0.193 e. The first-order chi connectivity index (χ1) is 13.2. The van der Waals surface area contributed by atoms with Gasteiger partial charge in [-0.25, -0.2) is 0 Å². The number of hydrogen-bond acceptors (Lipinski definition) is 4. The lowest BCUT2D eigenvalue weighted by atomic mass is 9.99. The van der Waals surface area contributed by atoms with Crippen LogP contribution in [0.2, 0.25) is 0 Å². The summed E-state index contributed by atoms with van der Waals surface area (Å²) in [4.78, 5) is 6.91. The Morgan fingerprint density at radius 2 is 2.07 bits per heavy atom. The monoisotopic (exact) mass is 519 g/mol. The van der Waals surface area contributed by atoms with E-state index in [-0.39, 0.29) is 28.7 Å². The minimum atomic E-state index is 0. The van der Waals surface area contributed by atoms with Crippen LogP contribution in [0.15, 0.2) is 35.3 Å². The quantitative estimate of drug-likeness (QED) is 0.339. The standard InChI is InChI=1S/C21H33N3O2S.HI/c1-22-20(23-17-21(27-2)9-12-25-13-10-21)24-11-8-19(14-24)16-26-15-18-6-4-3-5-7-18;/h3-7,19H,8-17H2,1-2H3,(H,22,23);1H. The van der Waals surface area contributed by atoms with Gasteiger partial charge >= 0.3 is 0 Å². The highest BCUT2D eigenvalue weighted by molar-refractivity contribution is 14.0. The number of aliphatic imine (C=N–C) groups is 1. The van der Waals surface area contributed by atoms with Gasteiger partial charge in [-0.2, -0.15) is 11.8 Å². The molecule has 0 bridgehead atoms. The normalized spacial score (nSPS) is 22.0. The molecule has 0 radical (unpaired) electrons. The van der Waals surface area contributed by atoms with Gasteiger partial charge in [0.05, 0.1) is 13.2 Å². The van der Waals surface area contributed by atoms with Gasteiger partial charge in [-0.15, -0.1) is 24.0 Å². The molecule has 0 aliphatic carbocycles. The highest BCUT2D eigenvalue weighted by Gasteiger charge is 2.33. The molecular formula is C21H34IN3O2S. The number of guanidine groups is 1. The highest BCUT2D eigenvalue weighted by atomic mass is 127. The van der Waals surface area contributed by atoms with Crippen molar-refractivity contribution in [3.8, 4) is 0 Å². The molecule has 0 spiro atoms. The zero-order valence-electron chi connectivity index (χ0n) is 17.1. The average Bonchev–Trinajstić information content (AvgIpc) is 3.19. The van der Waals surface area contributed by atoms with Gasteiger partial charge in [0, 0.05) is 50.6 Å². The zero-order valence-corrected chi connectivity index (χ0v) is 20.2. The van der Waals surface area contributed by atoms with Crippen molar-refractivity contribution in [2.75, 3.05) is 52.8 Å². The average molecular weight is 519 g/mol. The molecule has 5 nitrogen and oxygen atoms in total. The van der Waals surface area contributed by atoms with Crippen LogP contribution < -0.4 is 5.32 Å². The third kappa shape index (κ3) is 6.78. The topological polar surface area (TPSA) is 46.1 Å². The fourth-order valence-corrected chi connectivity index (χ4v) is 4.64. The van der Waals surface area contributed by atoms with Crippen LogP contribution in [0.5, 0.6) is 0 Å². The predicted octanol–water partition coefficient (Wildman–Crippen LogP) is 3.63. The Kier molecular flexibility index (Phi) is 10.4. The lowest BCUT2D eigenvalue weighted by Crippen LogP contribution is -2.48. The van der Waals surface area contributed by atoms with E-state index in [9.17, 15) is 0 Å². The van der Waals surface area contributed by atoms with Crippen LogP contribution in [0.4, 0.5) is 0 Å². The number of rotatable bonds is 7. The Hall–Kier alpha value is -0.510. The van der Waals surface area contributed by atoms with Gasteiger partial charge in [0.15, 0.2) is 5.96 Å². The first kappa shape index (κ1) is 23.8. The zero-order chi connectivity index (χ0) is 19.0. The second-order valence-electron chi connectivity index (χ2n) is 7.50. The van der Waals surface area contributed by atoms with E-state index >= 15 is 0 Å². The minimum absolute atomic E-state index is 0. The largest absolute Gasteiger partial charge is 0.381 e. The number of ether oxygens (including phenoxy) is 2. The molecule has 3 rings (SSSR count). The smallest absolute Gasteiger partial charge is 0.193 e. The van der Waals surface area contributed by atoms with Crippen molar-refractivity contribution in [3.63, 3.8) is 0 Å². The van der Waals surface area contributed by atoms with E-state index in [1.54, 1.807) is 0 Å².